The Morgan fingerprint density at radius 1 is 1.39 bits per heavy atom. The summed E-state index contributed by atoms with van der Waals surface area (Å²) in [5.41, 5.74) is 7.44. The van der Waals surface area contributed by atoms with Gasteiger partial charge in [0.25, 0.3) is 0 Å². The number of rotatable bonds is 4. The van der Waals surface area contributed by atoms with Crippen LogP contribution in [0, 0.1) is 0 Å². The number of likely N-dealkylation sites (tertiary alicyclic amines) is 1. The molecule has 100 valence electrons. The molecule has 0 aromatic heterocycles. The van der Waals surface area contributed by atoms with Crippen LogP contribution in [-0.4, -0.2) is 37.1 Å². The van der Waals surface area contributed by atoms with Crippen molar-refractivity contribution in [2.75, 3.05) is 26.7 Å². The zero-order valence-corrected chi connectivity index (χ0v) is 11.5. The summed E-state index contributed by atoms with van der Waals surface area (Å²) >= 11 is 0. The molecular weight excluding hydrogens is 222 g/mol. The van der Waals surface area contributed by atoms with Gasteiger partial charge in [-0.05, 0) is 38.9 Å². The highest BCUT2D eigenvalue weighted by Gasteiger charge is 2.34. The fraction of sp³-hybridized carbons (Fsp3) is 0.600. The molecule has 1 aromatic carbocycles. The molecule has 0 saturated carbocycles. The van der Waals surface area contributed by atoms with Gasteiger partial charge in [0.15, 0.2) is 0 Å². The number of hydrogen-bond acceptors (Lipinski definition) is 3. The third-order valence-electron chi connectivity index (χ3n) is 3.98. The van der Waals surface area contributed by atoms with Gasteiger partial charge in [0.05, 0.1) is 0 Å². The molecule has 2 unspecified atom stereocenters. The molecule has 1 aliphatic heterocycles. The summed E-state index contributed by atoms with van der Waals surface area (Å²) in [7, 11) is 2.18. The molecule has 0 radical (unpaired) electrons. The van der Waals surface area contributed by atoms with Gasteiger partial charge in [-0.25, -0.2) is 0 Å². The molecule has 1 heterocycles. The monoisotopic (exact) mass is 247 g/mol. The summed E-state index contributed by atoms with van der Waals surface area (Å²) in [4.78, 5) is 2.38. The van der Waals surface area contributed by atoms with Gasteiger partial charge in [0.1, 0.15) is 0 Å². The van der Waals surface area contributed by atoms with Gasteiger partial charge < -0.3 is 16.0 Å². The standard InChI is InChI=1S/C15H25N3/c1-13(14-7-4-3-5-8-14)17-15(11-16)9-6-10-18(2)12-15/h3-5,7-8,13,17H,6,9-12,16H2,1-2H3. The maximum absolute atomic E-state index is 6.04. The van der Waals surface area contributed by atoms with Gasteiger partial charge in [-0.2, -0.15) is 0 Å². The first kappa shape index (κ1) is 13.5. The lowest BCUT2D eigenvalue weighted by atomic mass is 9.87. The Labute approximate surface area is 110 Å². The fourth-order valence-corrected chi connectivity index (χ4v) is 2.99. The number of benzene rings is 1. The molecule has 2 rings (SSSR count). The molecule has 18 heavy (non-hydrogen) atoms. The number of nitrogens with one attached hydrogen (secondary N) is 1. The Balaban J connectivity index is 2.06. The Bertz CT molecular complexity index is 365. The Morgan fingerprint density at radius 3 is 2.72 bits per heavy atom. The van der Waals surface area contributed by atoms with Gasteiger partial charge in [-0.3, -0.25) is 0 Å². The smallest absolute Gasteiger partial charge is 0.0437 e. The first-order valence-electron chi connectivity index (χ1n) is 6.86. The van der Waals surface area contributed by atoms with Crippen molar-refractivity contribution in [3.8, 4) is 0 Å². The first-order chi connectivity index (χ1) is 8.65. The van der Waals surface area contributed by atoms with Crippen molar-refractivity contribution in [2.45, 2.75) is 31.3 Å². The van der Waals surface area contributed by atoms with E-state index in [1.165, 1.54) is 24.9 Å². The quantitative estimate of drug-likeness (QED) is 0.852. The van der Waals surface area contributed by atoms with Crippen LogP contribution >= 0.6 is 0 Å². The zero-order valence-electron chi connectivity index (χ0n) is 11.5. The lowest BCUT2D eigenvalue weighted by Gasteiger charge is -2.43. The second kappa shape index (κ2) is 5.83. The van der Waals surface area contributed by atoms with E-state index in [9.17, 15) is 0 Å². The lowest BCUT2D eigenvalue weighted by Crippen LogP contribution is -2.60. The van der Waals surface area contributed by atoms with Crippen molar-refractivity contribution in [3.63, 3.8) is 0 Å². The van der Waals surface area contributed by atoms with Crippen molar-refractivity contribution >= 4 is 0 Å². The van der Waals surface area contributed by atoms with Crippen LogP contribution in [0.5, 0.6) is 0 Å². The summed E-state index contributed by atoms with van der Waals surface area (Å²) in [6, 6.07) is 10.9. The van der Waals surface area contributed by atoms with E-state index >= 15 is 0 Å². The first-order valence-corrected chi connectivity index (χ1v) is 6.86. The third-order valence-corrected chi connectivity index (χ3v) is 3.98. The highest BCUT2D eigenvalue weighted by atomic mass is 15.2. The van der Waals surface area contributed by atoms with Crippen LogP contribution in [0.15, 0.2) is 30.3 Å². The van der Waals surface area contributed by atoms with Crippen molar-refractivity contribution < 1.29 is 0 Å². The van der Waals surface area contributed by atoms with Crippen LogP contribution in [0.4, 0.5) is 0 Å². The predicted molar refractivity (Wildman–Crippen MR) is 76.5 cm³/mol. The second-order valence-corrected chi connectivity index (χ2v) is 5.60. The Kier molecular flexibility index (Phi) is 4.38. The van der Waals surface area contributed by atoms with Crippen LogP contribution in [-0.2, 0) is 0 Å². The predicted octanol–water partition coefficient (Wildman–Crippen LogP) is 1.76. The van der Waals surface area contributed by atoms with Gasteiger partial charge in [0, 0.05) is 24.7 Å². The third kappa shape index (κ3) is 3.10. The average Bonchev–Trinajstić information content (AvgIpc) is 2.39. The minimum absolute atomic E-state index is 0.0717. The van der Waals surface area contributed by atoms with Crippen molar-refractivity contribution in [1.82, 2.24) is 10.2 Å². The van der Waals surface area contributed by atoms with Crippen LogP contribution in [0.2, 0.25) is 0 Å². The van der Waals surface area contributed by atoms with Gasteiger partial charge in [0.2, 0.25) is 0 Å². The number of hydrogen-bond donors (Lipinski definition) is 2. The minimum Gasteiger partial charge on any atom is -0.329 e. The van der Waals surface area contributed by atoms with E-state index in [1.54, 1.807) is 0 Å². The number of likely N-dealkylation sites (N-methyl/N-ethyl adjacent to an activating group) is 1. The Morgan fingerprint density at radius 2 is 2.11 bits per heavy atom. The summed E-state index contributed by atoms with van der Waals surface area (Å²) in [5.74, 6) is 0. The molecule has 0 aliphatic carbocycles. The molecule has 1 fully saturated rings. The van der Waals surface area contributed by atoms with Crippen molar-refractivity contribution in [1.29, 1.82) is 0 Å². The van der Waals surface area contributed by atoms with E-state index in [0.29, 0.717) is 12.6 Å². The summed E-state index contributed by atoms with van der Waals surface area (Å²) < 4.78 is 0. The van der Waals surface area contributed by atoms with Crippen molar-refractivity contribution in [3.05, 3.63) is 35.9 Å². The second-order valence-electron chi connectivity index (χ2n) is 5.60. The van der Waals surface area contributed by atoms with E-state index in [1.807, 2.05) is 0 Å². The largest absolute Gasteiger partial charge is 0.329 e. The van der Waals surface area contributed by atoms with Crippen LogP contribution in [0.25, 0.3) is 0 Å². The highest BCUT2D eigenvalue weighted by molar-refractivity contribution is 5.19. The molecule has 1 saturated heterocycles. The fourth-order valence-electron chi connectivity index (χ4n) is 2.99. The SMILES string of the molecule is CC(NC1(CN)CCCN(C)C1)c1ccccc1. The maximum Gasteiger partial charge on any atom is 0.0437 e. The summed E-state index contributed by atoms with van der Waals surface area (Å²) in [5, 5.41) is 3.76. The Hall–Kier alpha value is -0.900. The minimum atomic E-state index is 0.0717. The molecule has 3 heteroatoms. The van der Waals surface area contributed by atoms with E-state index in [2.05, 4.69) is 54.5 Å². The zero-order chi connectivity index (χ0) is 13.0. The van der Waals surface area contributed by atoms with E-state index in [4.69, 9.17) is 5.73 Å². The van der Waals surface area contributed by atoms with Crippen LogP contribution < -0.4 is 11.1 Å². The van der Waals surface area contributed by atoms with E-state index in [0.717, 1.165) is 6.54 Å². The molecule has 0 bridgehead atoms. The van der Waals surface area contributed by atoms with Gasteiger partial charge in [-0.15, -0.1) is 0 Å². The van der Waals surface area contributed by atoms with E-state index < -0.39 is 0 Å². The summed E-state index contributed by atoms with van der Waals surface area (Å²) in [6.45, 7) is 5.15. The molecule has 0 spiro atoms. The summed E-state index contributed by atoms with van der Waals surface area (Å²) in [6.07, 6.45) is 2.40. The lowest BCUT2D eigenvalue weighted by molar-refractivity contribution is 0.139. The molecule has 3 N–H and O–H groups in total. The molecular formula is C15H25N3. The average molecular weight is 247 g/mol. The van der Waals surface area contributed by atoms with Gasteiger partial charge in [-0.1, -0.05) is 30.3 Å². The van der Waals surface area contributed by atoms with Crippen LogP contribution in [0.3, 0.4) is 0 Å². The topological polar surface area (TPSA) is 41.3 Å². The molecule has 0 amide bonds. The van der Waals surface area contributed by atoms with Gasteiger partial charge >= 0.3 is 0 Å². The normalized spacial score (nSPS) is 27.1. The highest BCUT2D eigenvalue weighted by Crippen LogP contribution is 2.23. The molecule has 3 nitrogen and oxygen atoms in total. The number of piperidine rings is 1. The number of nitrogens with two attached hydrogens (primary N) is 1. The van der Waals surface area contributed by atoms with E-state index in [-0.39, 0.29) is 5.54 Å². The molecule has 2 atom stereocenters. The number of nitrogens with zero attached hydrogens (tertiary/aromatic N) is 1. The van der Waals surface area contributed by atoms with Crippen molar-refractivity contribution in [2.24, 2.45) is 5.73 Å². The molecule has 1 aromatic rings. The molecule has 1 aliphatic rings. The maximum atomic E-state index is 6.04. The van der Waals surface area contributed by atoms with Crippen LogP contribution in [0.1, 0.15) is 31.4 Å².